The lowest BCUT2D eigenvalue weighted by atomic mass is 10.2. The van der Waals surface area contributed by atoms with Crippen molar-refractivity contribution in [2.24, 2.45) is 0 Å². The second-order valence-electron chi connectivity index (χ2n) is 6.54. The van der Waals surface area contributed by atoms with Crippen molar-refractivity contribution < 1.29 is 18.9 Å². The maximum atomic E-state index is 12.7. The lowest BCUT2D eigenvalue weighted by Crippen LogP contribution is -2.35. The highest BCUT2D eigenvalue weighted by molar-refractivity contribution is 5.94. The summed E-state index contributed by atoms with van der Waals surface area (Å²) < 4.78 is 9.09. The lowest BCUT2D eigenvalue weighted by Gasteiger charge is -2.05. The molecule has 29 heavy (non-hydrogen) atoms. The summed E-state index contributed by atoms with van der Waals surface area (Å²) >= 11 is 0. The van der Waals surface area contributed by atoms with Crippen LogP contribution in [0.15, 0.2) is 42.5 Å². The summed E-state index contributed by atoms with van der Waals surface area (Å²) in [6.07, 6.45) is 0. The van der Waals surface area contributed by atoms with E-state index in [1.807, 2.05) is 24.5 Å². The van der Waals surface area contributed by atoms with Crippen LogP contribution in [0, 0.1) is 18.3 Å². The topological polar surface area (TPSA) is 88.0 Å². The molecule has 7 heteroatoms. The Morgan fingerprint density at radius 3 is 2.52 bits per heavy atom. The van der Waals surface area contributed by atoms with Crippen LogP contribution < -0.4 is 9.88 Å². The van der Waals surface area contributed by atoms with Crippen LogP contribution in [-0.4, -0.2) is 23.1 Å². The predicted octanol–water partition coefficient (Wildman–Crippen LogP) is 2.94. The number of aromatic nitrogens is 2. The van der Waals surface area contributed by atoms with Crippen molar-refractivity contribution in [2.75, 3.05) is 11.9 Å². The monoisotopic (exact) mass is 391 g/mol. The average molecular weight is 391 g/mol. The first-order valence-corrected chi connectivity index (χ1v) is 9.48. The quantitative estimate of drug-likeness (QED) is 0.517. The molecule has 0 fully saturated rings. The van der Waals surface area contributed by atoms with Gasteiger partial charge in [-0.05, 0) is 50.2 Å². The molecule has 0 radical (unpaired) electrons. The molecule has 1 aromatic heterocycles. The van der Waals surface area contributed by atoms with E-state index in [4.69, 9.17) is 10.00 Å². The molecule has 1 N–H and O–H groups in total. The van der Waals surface area contributed by atoms with Crippen molar-refractivity contribution >= 4 is 28.6 Å². The normalized spacial score (nSPS) is 10.6. The fourth-order valence-corrected chi connectivity index (χ4v) is 3.37. The van der Waals surface area contributed by atoms with Gasteiger partial charge in [0, 0.05) is 18.7 Å². The number of hydrogen-bond acceptors (Lipinski definition) is 4. The van der Waals surface area contributed by atoms with E-state index in [-0.39, 0.29) is 18.4 Å². The fraction of sp³-hybridized carbons (Fsp3) is 0.273. The SMILES string of the molecule is CCOC(=O)c1ccc2c(c1)n(CC(=O)Nc1ccc(C#N)cc1)c(C)[n+]2CC. The minimum absolute atomic E-state index is 0.0988. The third-order valence-corrected chi connectivity index (χ3v) is 4.77. The van der Waals surface area contributed by atoms with Gasteiger partial charge in [0.15, 0.2) is 17.6 Å². The fourth-order valence-electron chi connectivity index (χ4n) is 3.37. The van der Waals surface area contributed by atoms with Crippen LogP contribution in [0.5, 0.6) is 0 Å². The molecule has 3 aromatic rings. The summed E-state index contributed by atoms with van der Waals surface area (Å²) in [5, 5.41) is 11.7. The van der Waals surface area contributed by atoms with E-state index in [0.29, 0.717) is 23.4 Å². The van der Waals surface area contributed by atoms with Crippen molar-refractivity contribution in [3.63, 3.8) is 0 Å². The van der Waals surface area contributed by atoms with E-state index in [1.165, 1.54) is 0 Å². The largest absolute Gasteiger partial charge is 0.462 e. The number of fused-ring (bicyclic) bond motifs is 1. The van der Waals surface area contributed by atoms with Gasteiger partial charge in [0.25, 0.3) is 11.7 Å². The number of nitriles is 1. The van der Waals surface area contributed by atoms with Gasteiger partial charge in [0.05, 0.1) is 30.3 Å². The van der Waals surface area contributed by atoms with Gasteiger partial charge in [0.2, 0.25) is 0 Å². The Hall–Kier alpha value is -3.66. The van der Waals surface area contributed by atoms with Crippen LogP contribution in [0.3, 0.4) is 0 Å². The molecule has 148 valence electrons. The standard InChI is InChI=1S/C22H22N4O3/c1-4-25-15(3)26(14-21(27)24-18-9-6-16(13-23)7-10-18)20-12-17(8-11-19(20)25)22(28)29-5-2/h6-12H,4-5,14H2,1-3H3/p+1. The number of benzene rings is 2. The molecule has 0 aliphatic carbocycles. The zero-order valence-electron chi connectivity index (χ0n) is 16.7. The Bertz CT molecular complexity index is 1110. The van der Waals surface area contributed by atoms with Gasteiger partial charge in [-0.2, -0.15) is 5.26 Å². The van der Waals surface area contributed by atoms with Crippen molar-refractivity contribution in [3.05, 3.63) is 59.4 Å². The second-order valence-corrected chi connectivity index (χ2v) is 6.54. The summed E-state index contributed by atoms with van der Waals surface area (Å²) in [6.45, 7) is 6.89. The van der Waals surface area contributed by atoms with Gasteiger partial charge < -0.3 is 10.1 Å². The van der Waals surface area contributed by atoms with E-state index >= 15 is 0 Å². The molecule has 0 atom stereocenters. The third-order valence-electron chi connectivity index (χ3n) is 4.77. The Morgan fingerprint density at radius 2 is 1.90 bits per heavy atom. The average Bonchev–Trinajstić information content (AvgIpc) is 2.99. The van der Waals surface area contributed by atoms with Crippen molar-refractivity contribution in [3.8, 4) is 6.07 Å². The summed E-state index contributed by atoms with van der Waals surface area (Å²) in [5.74, 6) is 0.336. The summed E-state index contributed by atoms with van der Waals surface area (Å²) in [4.78, 5) is 24.8. The van der Waals surface area contributed by atoms with E-state index in [9.17, 15) is 9.59 Å². The number of hydrogen-bond donors (Lipinski definition) is 1. The first kappa shape index (κ1) is 20.1. The van der Waals surface area contributed by atoms with Gasteiger partial charge in [-0.15, -0.1) is 0 Å². The third kappa shape index (κ3) is 4.11. The lowest BCUT2D eigenvalue weighted by molar-refractivity contribution is -0.674. The van der Waals surface area contributed by atoms with Crippen molar-refractivity contribution in [2.45, 2.75) is 33.9 Å². The number of nitrogens with zero attached hydrogens (tertiary/aromatic N) is 3. The van der Waals surface area contributed by atoms with Gasteiger partial charge in [-0.1, -0.05) is 0 Å². The van der Waals surface area contributed by atoms with E-state index < -0.39 is 0 Å². The molecule has 2 aromatic carbocycles. The zero-order valence-corrected chi connectivity index (χ0v) is 16.7. The molecule has 0 saturated heterocycles. The van der Waals surface area contributed by atoms with Crippen LogP contribution >= 0.6 is 0 Å². The highest BCUT2D eigenvalue weighted by atomic mass is 16.5. The molecule has 3 rings (SSSR count). The molecule has 1 heterocycles. The number of esters is 1. The highest BCUT2D eigenvalue weighted by Gasteiger charge is 2.24. The second kappa shape index (κ2) is 8.57. The Balaban J connectivity index is 1.93. The minimum Gasteiger partial charge on any atom is -0.462 e. The van der Waals surface area contributed by atoms with Crippen LogP contribution in [0.2, 0.25) is 0 Å². The van der Waals surface area contributed by atoms with Crippen LogP contribution in [-0.2, 0) is 22.6 Å². The smallest absolute Gasteiger partial charge is 0.338 e. The number of anilines is 1. The van der Waals surface area contributed by atoms with Crippen molar-refractivity contribution in [1.29, 1.82) is 5.26 Å². The number of aryl methyl sites for hydroxylation is 1. The molecular weight excluding hydrogens is 368 g/mol. The first-order chi connectivity index (χ1) is 14.0. The van der Waals surface area contributed by atoms with Crippen LogP contribution in [0.1, 0.15) is 35.6 Å². The molecule has 0 spiro atoms. The Labute approximate surface area is 169 Å². The molecule has 0 aliphatic heterocycles. The minimum atomic E-state index is -0.384. The summed E-state index contributed by atoms with van der Waals surface area (Å²) in [7, 11) is 0. The number of amides is 1. The molecule has 1 amide bonds. The first-order valence-electron chi connectivity index (χ1n) is 9.48. The number of carbonyl (C=O) groups excluding carboxylic acids is 2. The number of carbonyl (C=O) groups is 2. The number of imidazole rings is 1. The number of rotatable bonds is 6. The van der Waals surface area contributed by atoms with Crippen LogP contribution in [0.25, 0.3) is 11.0 Å². The molecule has 7 nitrogen and oxygen atoms in total. The van der Waals surface area contributed by atoms with Gasteiger partial charge in [0.1, 0.15) is 0 Å². The molecular formula is C22H23N4O3+. The van der Waals surface area contributed by atoms with Gasteiger partial charge >= 0.3 is 5.97 Å². The van der Waals surface area contributed by atoms with Gasteiger partial charge in [-0.3, -0.25) is 4.79 Å². The Morgan fingerprint density at radius 1 is 1.17 bits per heavy atom. The van der Waals surface area contributed by atoms with Gasteiger partial charge in [-0.25, -0.2) is 13.9 Å². The number of nitrogens with one attached hydrogen (secondary N) is 1. The zero-order chi connectivity index (χ0) is 21.0. The summed E-state index contributed by atoms with van der Waals surface area (Å²) in [5.41, 5.74) is 3.35. The van der Waals surface area contributed by atoms with E-state index in [2.05, 4.69) is 16.0 Å². The van der Waals surface area contributed by atoms with E-state index in [1.54, 1.807) is 43.3 Å². The Kier molecular flexibility index (Phi) is 5.93. The number of ether oxygens (including phenoxy) is 1. The molecule has 0 saturated carbocycles. The molecule has 0 aliphatic rings. The van der Waals surface area contributed by atoms with Crippen molar-refractivity contribution in [1.82, 2.24) is 4.57 Å². The molecule has 0 unspecified atom stereocenters. The maximum Gasteiger partial charge on any atom is 0.338 e. The maximum absolute atomic E-state index is 12.7. The van der Waals surface area contributed by atoms with E-state index in [0.717, 1.165) is 23.4 Å². The highest BCUT2D eigenvalue weighted by Crippen LogP contribution is 2.18. The molecule has 0 bridgehead atoms. The summed E-state index contributed by atoms with van der Waals surface area (Å²) in [6, 6.07) is 14.1. The predicted molar refractivity (Wildman–Crippen MR) is 108 cm³/mol. The van der Waals surface area contributed by atoms with Crippen LogP contribution in [0.4, 0.5) is 5.69 Å².